The second-order valence-corrected chi connectivity index (χ2v) is 4.69. The van der Waals surface area contributed by atoms with Crippen LogP contribution in [0.25, 0.3) is 0 Å². The maximum atomic E-state index is 7.36. The molecule has 5 heteroatoms. The zero-order chi connectivity index (χ0) is 13.8. The molecule has 98 valence electrons. The number of nitrogens with two attached hydrogens (primary N) is 1. The van der Waals surface area contributed by atoms with Gasteiger partial charge in [-0.25, -0.2) is 0 Å². The highest BCUT2D eigenvalue weighted by atomic mass is 35.5. The summed E-state index contributed by atoms with van der Waals surface area (Å²) in [6, 6.07) is 9.45. The number of hydrogen-bond donors (Lipinski definition) is 2. The van der Waals surface area contributed by atoms with Crippen LogP contribution in [0.3, 0.4) is 0 Å². The Bertz CT molecular complexity index is 580. The van der Waals surface area contributed by atoms with Crippen LogP contribution < -0.4 is 10.6 Å². The van der Waals surface area contributed by atoms with Crippen LogP contribution in [-0.2, 0) is 6.54 Å². The van der Waals surface area contributed by atoms with E-state index in [-0.39, 0.29) is 5.84 Å². The van der Waals surface area contributed by atoms with E-state index in [1.807, 2.05) is 37.4 Å². The van der Waals surface area contributed by atoms with Gasteiger partial charge in [0.25, 0.3) is 0 Å². The van der Waals surface area contributed by atoms with Gasteiger partial charge in [0.15, 0.2) is 0 Å². The summed E-state index contributed by atoms with van der Waals surface area (Å²) in [5.41, 5.74) is 8.21. The average molecular weight is 275 g/mol. The maximum Gasteiger partial charge on any atom is 0.122 e. The second-order valence-electron chi connectivity index (χ2n) is 4.28. The maximum absolute atomic E-state index is 7.36. The summed E-state index contributed by atoms with van der Waals surface area (Å²) in [6.45, 7) is 0.695. The Morgan fingerprint density at radius 1 is 1.32 bits per heavy atom. The summed E-state index contributed by atoms with van der Waals surface area (Å²) in [6.07, 6.45) is 3.37. The summed E-state index contributed by atoms with van der Waals surface area (Å²) in [5.74, 6) is 0.0754. The van der Waals surface area contributed by atoms with E-state index in [1.54, 1.807) is 12.4 Å². The van der Waals surface area contributed by atoms with Crippen LogP contribution >= 0.6 is 11.6 Å². The number of anilines is 1. The van der Waals surface area contributed by atoms with Crippen LogP contribution in [0, 0.1) is 5.41 Å². The lowest BCUT2D eigenvalue weighted by atomic mass is 10.1. The van der Waals surface area contributed by atoms with Crippen molar-refractivity contribution in [2.24, 2.45) is 5.73 Å². The zero-order valence-corrected chi connectivity index (χ0v) is 11.4. The van der Waals surface area contributed by atoms with Gasteiger partial charge in [0.05, 0.1) is 5.02 Å². The van der Waals surface area contributed by atoms with E-state index in [0.29, 0.717) is 11.6 Å². The fraction of sp³-hybridized carbons (Fsp3) is 0.143. The number of hydrogen-bond acceptors (Lipinski definition) is 3. The fourth-order valence-corrected chi connectivity index (χ4v) is 1.95. The van der Waals surface area contributed by atoms with E-state index in [0.717, 1.165) is 16.8 Å². The van der Waals surface area contributed by atoms with Crippen molar-refractivity contribution in [1.29, 1.82) is 5.41 Å². The van der Waals surface area contributed by atoms with E-state index in [9.17, 15) is 0 Å². The number of aromatic nitrogens is 1. The summed E-state index contributed by atoms with van der Waals surface area (Å²) < 4.78 is 0. The third-order valence-electron chi connectivity index (χ3n) is 2.88. The Kier molecular flexibility index (Phi) is 4.02. The van der Waals surface area contributed by atoms with Crippen LogP contribution in [0.1, 0.15) is 11.1 Å². The van der Waals surface area contributed by atoms with E-state index < -0.39 is 0 Å². The lowest BCUT2D eigenvalue weighted by molar-refractivity contribution is 0.920. The first-order chi connectivity index (χ1) is 9.08. The highest BCUT2D eigenvalue weighted by molar-refractivity contribution is 6.31. The summed E-state index contributed by atoms with van der Waals surface area (Å²) in [4.78, 5) is 6.04. The predicted octanol–water partition coefficient (Wildman–Crippen LogP) is 2.66. The highest BCUT2D eigenvalue weighted by Gasteiger charge is 2.06. The molecule has 0 saturated carbocycles. The van der Waals surface area contributed by atoms with Gasteiger partial charge in [-0.15, -0.1) is 0 Å². The summed E-state index contributed by atoms with van der Waals surface area (Å²) >= 11 is 6.09. The lowest BCUT2D eigenvalue weighted by Crippen LogP contribution is -2.17. The Morgan fingerprint density at radius 2 is 2.00 bits per heavy atom. The molecule has 2 rings (SSSR count). The average Bonchev–Trinajstić information content (AvgIpc) is 2.41. The first kappa shape index (κ1) is 13.4. The van der Waals surface area contributed by atoms with Crippen molar-refractivity contribution in [3.63, 3.8) is 0 Å². The summed E-state index contributed by atoms with van der Waals surface area (Å²) in [7, 11) is 1.99. The molecule has 0 fully saturated rings. The number of rotatable bonds is 4. The van der Waals surface area contributed by atoms with Crippen LogP contribution in [-0.4, -0.2) is 17.9 Å². The largest absolute Gasteiger partial charge is 0.384 e. The molecule has 0 saturated heterocycles. The van der Waals surface area contributed by atoms with Crippen molar-refractivity contribution >= 4 is 23.1 Å². The normalized spacial score (nSPS) is 10.2. The van der Waals surface area contributed by atoms with E-state index in [1.165, 1.54) is 0 Å². The number of pyridine rings is 1. The minimum Gasteiger partial charge on any atom is -0.384 e. The van der Waals surface area contributed by atoms with Gasteiger partial charge in [0, 0.05) is 37.2 Å². The van der Waals surface area contributed by atoms with Gasteiger partial charge in [0.1, 0.15) is 5.84 Å². The number of nitrogen functional groups attached to an aromatic ring is 1. The first-order valence-corrected chi connectivity index (χ1v) is 6.19. The molecule has 0 aliphatic rings. The monoisotopic (exact) mass is 274 g/mol. The Morgan fingerprint density at radius 3 is 2.58 bits per heavy atom. The van der Waals surface area contributed by atoms with Crippen molar-refractivity contribution < 1.29 is 0 Å². The molecule has 0 amide bonds. The van der Waals surface area contributed by atoms with Crippen LogP contribution in [0.2, 0.25) is 5.02 Å². The molecular formula is C14H15ClN4. The molecule has 19 heavy (non-hydrogen) atoms. The van der Waals surface area contributed by atoms with E-state index in [2.05, 4.69) is 9.88 Å². The van der Waals surface area contributed by atoms with Crippen molar-refractivity contribution in [2.75, 3.05) is 11.9 Å². The van der Waals surface area contributed by atoms with Crippen molar-refractivity contribution in [1.82, 2.24) is 4.98 Å². The Hall–Kier alpha value is -2.07. The molecule has 0 radical (unpaired) electrons. The zero-order valence-electron chi connectivity index (χ0n) is 10.6. The predicted molar refractivity (Wildman–Crippen MR) is 78.8 cm³/mol. The van der Waals surface area contributed by atoms with Gasteiger partial charge in [-0.3, -0.25) is 10.4 Å². The van der Waals surface area contributed by atoms with Crippen molar-refractivity contribution in [3.8, 4) is 0 Å². The number of benzene rings is 1. The van der Waals surface area contributed by atoms with Crippen LogP contribution in [0.5, 0.6) is 0 Å². The molecule has 0 atom stereocenters. The minimum atomic E-state index is 0.0754. The standard InChI is InChI=1S/C14H15ClN4/c1-19(9-11-6-7-18-8-13(11)15)12-4-2-10(3-5-12)14(16)17/h2-8H,9H2,1H3,(H3,16,17). The van der Waals surface area contributed by atoms with Crippen molar-refractivity contribution in [2.45, 2.75) is 6.54 Å². The van der Waals surface area contributed by atoms with E-state index >= 15 is 0 Å². The smallest absolute Gasteiger partial charge is 0.122 e. The number of nitrogens with one attached hydrogen (secondary N) is 1. The Balaban J connectivity index is 2.14. The molecule has 0 unspecified atom stereocenters. The fourth-order valence-electron chi connectivity index (χ4n) is 1.77. The number of amidine groups is 1. The topological polar surface area (TPSA) is 66.0 Å². The van der Waals surface area contributed by atoms with Crippen LogP contribution in [0.15, 0.2) is 42.7 Å². The molecule has 1 heterocycles. The molecule has 3 N–H and O–H groups in total. The molecule has 0 bridgehead atoms. The molecule has 4 nitrogen and oxygen atoms in total. The molecule has 1 aromatic heterocycles. The molecule has 0 aliphatic carbocycles. The number of nitrogens with zero attached hydrogens (tertiary/aromatic N) is 2. The van der Waals surface area contributed by atoms with Gasteiger partial charge in [-0.05, 0) is 35.9 Å². The SMILES string of the molecule is CN(Cc1ccncc1Cl)c1ccc(C(=N)N)cc1. The first-order valence-electron chi connectivity index (χ1n) is 5.82. The third kappa shape index (κ3) is 3.23. The van der Waals surface area contributed by atoms with Crippen LogP contribution in [0.4, 0.5) is 5.69 Å². The number of halogens is 1. The van der Waals surface area contributed by atoms with Gasteiger partial charge >= 0.3 is 0 Å². The van der Waals surface area contributed by atoms with Gasteiger partial charge in [-0.1, -0.05) is 11.6 Å². The molecular weight excluding hydrogens is 260 g/mol. The second kappa shape index (κ2) is 5.71. The van der Waals surface area contributed by atoms with Crippen molar-refractivity contribution in [3.05, 3.63) is 58.9 Å². The molecule has 0 aliphatic heterocycles. The van der Waals surface area contributed by atoms with Gasteiger partial charge < -0.3 is 10.6 Å². The molecule has 0 spiro atoms. The minimum absolute atomic E-state index is 0.0754. The quantitative estimate of drug-likeness (QED) is 0.665. The lowest BCUT2D eigenvalue weighted by Gasteiger charge is -2.20. The summed E-state index contributed by atoms with van der Waals surface area (Å²) in [5, 5.41) is 8.02. The van der Waals surface area contributed by atoms with Gasteiger partial charge in [-0.2, -0.15) is 0 Å². The molecule has 1 aromatic carbocycles. The third-order valence-corrected chi connectivity index (χ3v) is 3.22. The highest BCUT2D eigenvalue weighted by Crippen LogP contribution is 2.20. The van der Waals surface area contributed by atoms with E-state index in [4.69, 9.17) is 22.7 Å². The van der Waals surface area contributed by atoms with Gasteiger partial charge in [0.2, 0.25) is 0 Å². The Labute approximate surface area is 117 Å². The molecule has 2 aromatic rings.